The highest BCUT2D eigenvalue weighted by Crippen LogP contribution is 2.22. The number of nitrogens with one attached hydrogen (secondary N) is 2. The van der Waals surface area contributed by atoms with E-state index in [1.807, 2.05) is 39.2 Å². The molecule has 0 spiro atoms. The Morgan fingerprint density at radius 1 is 1.25 bits per heavy atom. The lowest BCUT2D eigenvalue weighted by molar-refractivity contribution is 0.102. The number of carbonyl (C=O) groups excluding carboxylic acids is 1. The Kier molecular flexibility index (Phi) is 6.14. The molecule has 0 aliphatic carbocycles. The number of amides is 1. The van der Waals surface area contributed by atoms with E-state index in [0.717, 1.165) is 29.4 Å². The molecule has 6 heteroatoms. The third-order valence-corrected chi connectivity index (χ3v) is 3.54. The number of anilines is 2. The van der Waals surface area contributed by atoms with Crippen molar-refractivity contribution in [2.75, 3.05) is 44.9 Å². The molecule has 2 rings (SSSR count). The molecular weight excluding hydrogens is 304 g/mol. The molecule has 0 radical (unpaired) electrons. The molecule has 0 bridgehead atoms. The van der Waals surface area contributed by atoms with E-state index in [2.05, 4.69) is 20.5 Å². The molecule has 2 N–H and O–H groups in total. The number of pyridine rings is 1. The number of likely N-dealkylation sites (N-methyl/N-ethyl adjacent to an activating group) is 1. The summed E-state index contributed by atoms with van der Waals surface area (Å²) in [5, 5.41) is 5.82. The summed E-state index contributed by atoms with van der Waals surface area (Å²) in [6.45, 7) is 3.42. The van der Waals surface area contributed by atoms with Crippen LogP contribution in [-0.4, -0.2) is 50.1 Å². The smallest absolute Gasteiger partial charge is 0.257 e. The average Bonchev–Trinajstić information content (AvgIpc) is 2.57. The number of hydrogen-bond donors (Lipinski definition) is 2. The van der Waals surface area contributed by atoms with Crippen LogP contribution in [0.15, 0.2) is 36.5 Å². The van der Waals surface area contributed by atoms with Crippen molar-refractivity contribution in [2.45, 2.75) is 6.92 Å². The summed E-state index contributed by atoms with van der Waals surface area (Å²) in [5.41, 5.74) is 2.22. The van der Waals surface area contributed by atoms with Crippen molar-refractivity contribution >= 4 is 17.4 Å². The molecule has 24 heavy (non-hydrogen) atoms. The van der Waals surface area contributed by atoms with Crippen LogP contribution in [0.1, 0.15) is 15.9 Å². The highest BCUT2D eigenvalue weighted by molar-refractivity contribution is 6.04. The first-order chi connectivity index (χ1) is 11.5. The maximum atomic E-state index is 12.3. The number of aryl methyl sites for hydroxylation is 1. The molecule has 1 heterocycles. The number of rotatable bonds is 7. The van der Waals surface area contributed by atoms with Gasteiger partial charge in [0.15, 0.2) is 0 Å². The van der Waals surface area contributed by atoms with Crippen molar-refractivity contribution < 1.29 is 9.53 Å². The first-order valence-corrected chi connectivity index (χ1v) is 7.83. The third kappa shape index (κ3) is 4.96. The first-order valence-electron chi connectivity index (χ1n) is 7.83. The Hall–Kier alpha value is -2.60. The fourth-order valence-corrected chi connectivity index (χ4v) is 2.08. The second-order valence-corrected chi connectivity index (χ2v) is 5.76. The number of aromatic nitrogens is 1. The Labute approximate surface area is 142 Å². The van der Waals surface area contributed by atoms with Crippen molar-refractivity contribution in [3.8, 4) is 5.75 Å². The first kappa shape index (κ1) is 17.7. The monoisotopic (exact) mass is 328 g/mol. The lowest BCUT2D eigenvalue weighted by atomic mass is 10.1. The van der Waals surface area contributed by atoms with Gasteiger partial charge in [0.1, 0.15) is 18.2 Å². The van der Waals surface area contributed by atoms with Gasteiger partial charge in [-0.3, -0.25) is 4.79 Å². The summed E-state index contributed by atoms with van der Waals surface area (Å²) in [6.07, 6.45) is 1.55. The SMILES string of the molecule is CNc1ccc(C(=O)Nc2ccc(OCCN(C)C)cc2C)cn1. The summed E-state index contributed by atoms with van der Waals surface area (Å²) in [5.74, 6) is 1.34. The molecule has 2 aromatic rings. The van der Waals surface area contributed by atoms with Gasteiger partial charge in [-0.15, -0.1) is 0 Å². The van der Waals surface area contributed by atoms with Crippen LogP contribution in [0.5, 0.6) is 5.75 Å². The lowest BCUT2D eigenvalue weighted by Crippen LogP contribution is -2.19. The summed E-state index contributed by atoms with van der Waals surface area (Å²) in [4.78, 5) is 18.5. The average molecular weight is 328 g/mol. The van der Waals surface area contributed by atoms with Gasteiger partial charge in [0.25, 0.3) is 5.91 Å². The van der Waals surface area contributed by atoms with Gasteiger partial charge in [0, 0.05) is 25.5 Å². The maximum Gasteiger partial charge on any atom is 0.257 e. The van der Waals surface area contributed by atoms with Crippen LogP contribution in [0.25, 0.3) is 0 Å². The molecule has 6 nitrogen and oxygen atoms in total. The number of benzene rings is 1. The Bertz CT molecular complexity index is 684. The van der Waals surface area contributed by atoms with Gasteiger partial charge in [-0.25, -0.2) is 4.98 Å². The second-order valence-electron chi connectivity index (χ2n) is 5.76. The molecule has 128 valence electrons. The fourth-order valence-electron chi connectivity index (χ4n) is 2.08. The molecule has 1 aromatic heterocycles. The minimum Gasteiger partial charge on any atom is -0.492 e. The van der Waals surface area contributed by atoms with Crippen LogP contribution in [0.2, 0.25) is 0 Å². The predicted octanol–water partition coefficient (Wildman–Crippen LogP) is 2.62. The Morgan fingerprint density at radius 2 is 2.04 bits per heavy atom. The number of carbonyl (C=O) groups is 1. The van der Waals surface area contributed by atoms with E-state index in [4.69, 9.17) is 4.74 Å². The Morgan fingerprint density at radius 3 is 2.62 bits per heavy atom. The van der Waals surface area contributed by atoms with E-state index in [0.29, 0.717) is 12.2 Å². The maximum absolute atomic E-state index is 12.3. The summed E-state index contributed by atoms with van der Waals surface area (Å²) in [7, 11) is 5.80. The quantitative estimate of drug-likeness (QED) is 0.818. The van der Waals surface area contributed by atoms with Crippen molar-refractivity contribution in [1.29, 1.82) is 0 Å². The zero-order valence-corrected chi connectivity index (χ0v) is 14.6. The van der Waals surface area contributed by atoms with E-state index >= 15 is 0 Å². The molecule has 0 unspecified atom stereocenters. The van der Waals surface area contributed by atoms with E-state index in [9.17, 15) is 4.79 Å². The van der Waals surface area contributed by atoms with Crippen molar-refractivity contribution in [3.63, 3.8) is 0 Å². The lowest BCUT2D eigenvalue weighted by Gasteiger charge is -2.13. The van der Waals surface area contributed by atoms with Crippen molar-refractivity contribution in [3.05, 3.63) is 47.7 Å². The van der Waals surface area contributed by atoms with Gasteiger partial charge in [0.2, 0.25) is 0 Å². The van der Waals surface area contributed by atoms with Crippen LogP contribution in [0.3, 0.4) is 0 Å². The number of nitrogens with zero attached hydrogens (tertiary/aromatic N) is 2. The molecule has 0 fully saturated rings. The van der Waals surface area contributed by atoms with Gasteiger partial charge in [-0.05, 0) is 56.9 Å². The summed E-state index contributed by atoms with van der Waals surface area (Å²) < 4.78 is 5.70. The van der Waals surface area contributed by atoms with E-state index < -0.39 is 0 Å². The van der Waals surface area contributed by atoms with E-state index in [1.54, 1.807) is 25.4 Å². The summed E-state index contributed by atoms with van der Waals surface area (Å²) >= 11 is 0. The molecule has 0 saturated carbocycles. The third-order valence-electron chi connectivity index (χ3n) is 3.54. The highest BCUT2D eigenvalue weighted by Gasteiger charge is 2.09. The van der Waals surface area contributed by atoms with Crippen LogP contribution in [0, 0.1) is 6.92 Å². The van der Waals surface area contributed by atoms with Gasteiger partial charge in [0.05, 0.1) is 5.56 Å². The molecular formula is C18H24N4O2. The zero-order chi connectivity index (χ0) is 17.5. The van der Waals surface area contributed by atoms with Gasteiger partial charge < -0.3 is 20.3 Å². The second kappa shape index (κ2) is 8.31. The van der Waals surface area contributed by atoms with Crippen LogP contribution >= 0.6 is 0 Å². The van der Waals surface area contributed by atoms with Crippen molar-refractivity contribution in [2.24, 2.45) is 0 Å². The van der Waals surface area contributed by atoms with E-state index in [-0.39, 0.29) is 5.91 Å². The normalized spacial score (nSPS) is 10.5. The largest absolute Gasteiger partial charge is 0.492 e. The van der Waals surface area contributed by atoms with Gasteiger partial charge >= 0.3 is 0 Å². The fraction of sp³-hybridized carbons (Fsp3) is 0.333. The Balaban J connectivity index is 1.99. The standard InChI is InChI=1S/C18H24N4O2/c1-13-11-15(24-10-9-22(3)4)6-7-16(13)21-18(23)14-5-8-17(19-2)20-12-14/h5-8,11-12H,9-10H2,1-4H3,(H,19,20)(H,21,23). The number of hydrogen-bond acceptors (Lipinski definition) is 5. The van der Waals surface area contributed by atoms with Gasteiger partial charge in [-0.1, -0.05) is 0 Å². The minimum atomic E-state index is -0.186. The van der Waals surface area contributed by atoms with E-state index in [1.165, 1.54) is 0 Å². The molecule has 0 aliphatic heterocycles. The van der Waals surface area contributed by atoms with Crippen LogP contribution in [-0.2, 0) is 0 Å². The van der Waals surface area contributed by atoms with Crippen molar-refractivity contribution in [1.82, 2.24) is 9.88 Å². The topological polar surface area (TPSA) is 66.5 Å². The highest BCUT2D eigenvalue weighted by atomic mass is 16.5. The van der Waals surface area contributed by atoms with Gasteiger partial charge in [-0.2, -0.15) is 0 Å². The molecule has 1 amide bonds. The number of ether oxygens (including phenoxy) is 1. The van der Waals surface area contributed by atoms with Crippen LogP contribution < -0.4 is 15.4 Å². The molecule has 0 atom stereocenters. The zero-order valence-electron chi connectivity index (χ0n) is 14.6. The van der Waals surface area contributed by atoms with Crippen LogP contribution in [0.4, 0.5) is 11.5 Å². The molecule has 0 saturated heterocycles. The summed E-state index contributed by atoms with van der Waals surface area (Å²) in [6, 6.07) is 9.15. The minimum absolute atomic E-state index is 0.186. The predicted molar refractivity (Wildman–Crippen MR) is 97.0 cm³/mol. The molecule has 0 aliphatic rings. The molecule has 1 aromatic carbocycles.